The van der Waals surface area contributed by atoms with Crippen molar-refractivity contribution in [3.8, 4) is 0 Å². The summed E-state index contributed by atoms with van der Waals surface area (Å²) in [6, 6.07) is 1.33. The van der Waals surface area contributed by atoms with E-state index < -0.39 is 0 Å². The molecule has 0 aliphatic carbocycles. The van der Waals surface area contributed by atoms with E-state index in [1.54, 1.807) is 0 Å². The average Bonchev–Trinajstić information content (AvgIpc) is 2.02. The summed E-state index contributed by atoms with van der Waals surface area (Å²) in [5.41, 5.74) is 0.281. The van der Waals surface area contributed by atoms with Gasteiger partial charge in [-0.3, -0.25) is 9.78 Å². The summed E-state index contributed by atoms with van der Waals surface area (Å²) in [6.07, 6.45) is 2.23. The molecule has 0 radical (unpaired) electrons. The molecule has 4 nitrogen and oxygen atoms in total. The lowest BCUT2D eigenvalue weighted by Gasteiger charge is -2.02. The second-order valence-corrected chi connectivity index (χ2v) is 3.01. The maximum absolute atomic E-state index is 11.1. The summed E-state index contributed by atoms with van der Waals surface area (Å²) >= 11 is 0. The van der Waals surface area contributed by atoms with Gasteiger partial charge in [0.2, 0.25) is 0 Å². The minimum Gasteiger partial charge on any atom is -0.300 e. The van der Waals surface area contributed by atoms with Crippen molar-refractivity contribution in [2.24, 2.45) is 0 Å². The molecule has 0 atom stereocenters. The second-order valence-electron chi connectivity index (χ2n) is 3.01. The molecule has 1 heterocycles. The zero-order chi connectivity index (χ0) is 9.84. The number of allylic oxidation sites excluding steroid dienone is 1. The van der Waals surface area contributed by atoms with Crippen LogP contribution in [-0.2, 0) is 6.54 Å². The largest absolute Gasteiger partial charge is 0.328 e. The zero-order valence-corrected chi connectivity index (χ0v) is 7.54. The fourth-order valence-electron chi connectivity index (χ4n) is 0.932. The number of aromatic amines is 1. The number of aromatic nitrogens is 2. The molecule has 1 N–H and O–H groups in total. The topological polar surface area (TPSA) is 54.9 Å². The smallest absolute Gasteiger partial charge is 0.300 e. The lowest BCUT2D eigenvalue weighted by Crippen LogP contribution is -2.28. The Morgan fingerprint density at radius 2 is 2.31 bits per heavy atom. The molecule has 0 aliphatic heterocycles. The van der Waals surface area contributed by atoms with Crippen LogP contribution in [0.1, 0.15) is 13.3 Å². The van der Waals surface area contributed by atoms with Gasteiger partial charge in [-0.15, -0.1) is 6.58 Å². The number of nitrogens with zero attached hydrogens (tertiary/aromatic N) is 1. The summed E-state index contributed by atoms with van der Waals surface area (Å²) in [5, 5.41) is 0. The van der Waals surface area contributed by atoms with Gasteiger partial charge in [-0.05, 0) is 13.3 Å². The molecule has 1 aromatic rings. The van der Waals surface area contributed by atoms with Crippen molar-refractivity contribution in [1.29, 1.82) is 0 Å². The molecular weight excluding hydrogens is 168 g/mol. The quantitative estimate of drug-likeness (QED) is 0.689. The van der Waals surface area contributed by atoms with E-state index >= 15 is 0 Å². The van der Waals surface area contributed by atoms with Gasteiger partial charge in [0.25, 0.3) is 5.56 Å². The number of nitrogens with one attached hydrogen (secondary N) is 1. The predicted octanol–water partition coefficient (Wildman–Crippen LogP) is 0.503. The first-order valence-electron chi connectivity index (χ1n) is 4.04. The van der Waals surface area contributed by atoms with Crippen LogP contribution in [0.5, 0.6) is 0 Å². The summed E-state index contributed by atoms with van der Waals surface area (Å²) in [5.74, 6) is 0. The minimum absolute atomic E-state index is 0.364. The summed E-state index contributed by atoms with van der Waals surface area (Å²) < 4.78 is 1.45. The van der Waals surface area contributed by atoms with Crippen molar-refractivity contribution in [2.45, 2.75) is 19.9 Å². The highest BCUT2D eigenvalue weighted by atomic mass is 16.2. The van der Waals surface area contributed by atoms with Crippen LogP contribution in [0.15, 0.2) is 34.0 Å². The van der Waals surface area contributed by atoms with E-state index in [0.717, 1.165) is 12.0 Å². The summed E-state index contributed by atoms with van der Waals surface area (Å²) in [7, 11) is 0. The van der Waals surface area contributed by atoms with Gasteiger partial charge < -0.3 is 4.57 Å². The molecule has 13 heavy (non-hydrogen) atoms. The van der Waals surface area contributed by atoms with Crippen molar-refractivity contribution in [1.82, 2.24) is 9.55 Å². The predicted molar refractivity (Wildman–Crippen MR) is 50.8 cm³/mol. The molecule has 1 rings (SSSR count). The van der Waals surface area contributed by atoms with Gasteiger partial charge >= 0.3 is 5.69 Å². The zero-order valence-electron chi connectivity index (χ0n) is 7.54. The van der Waals surface area contributed by atoms with Crippen molar-refractivity contribution < 1.29 is 0 Å². The van der Waals surface area contributed by atoms with E-state index in [1.807, 2.05) is 6.92 Å². The third-order valence-corrected chi connectivity index (χ3v) is 1.68. The number of aryl methyl sites for hydroxylation is 1. The molecule has 0 aromatic carbocycles. The molecule has 1 aromatic heterocycles. The summed E-state index contributed by atoms with van der Waals surface area (Å²) in [4.78, 5) is 24.0. The molecule has 4 heteroatoms. The Morgan fingerprint density at radius 1 is 1.62 bits per heavy atom. The third-order valence-electron chi connectivity index (χ3n) is 1.68. The number of H-pyrrole nitrogens is 1. The average molecular weight is 180 g/mol. The molecule has 0 unspecified atom stereocenters. The van der Waals surface area contributed by atoms with Crippen LogP contribution in [0.25, 0.3) is 0 Å². The minimum atomic E-state index is -0.367. The molecule has 0 fully saturated rings. The highest BCUT2D eigenvalue weighted by Crippen LogP contribution is 1.95. The normalized spacial score (nSPS) is 9.92. The number of hydrogen-bond acceptors (Lipinski definition) is 2. The van der Waals surface area contributed by atoms with Gasteiger partial charge in [-0.25, -0.2) is 4.79 Å². The molecule has 0 aliphatic rings. The van der Waals surface area contributed by atoms with Crippen molar-refractivity contribution in [3.63, 3.8) is 0 Å². The van der Waals surface area contributed by atoms with Crippen molar-refractivity contribution >= 4 is 0 Å². The Balaban J connectivity index is 2.84. The van der Waals surface area contributed by atoms with Crippen LogP contribution in [0.4, 0.5) is 0 Å². The Labute approximate surface area is 75.5 Å². The fourth-order valence-corrected chi connectivity index (χ4v) is 0.932. The van der Waals surface area contributed by atoms with Crippen LogP contribution >= 0.6 is 0 Å². The Bertz CT molecular complexity index is 414. The van der Waals surface area contributed by atoms with Gasteiger partial charge in [0.05, 0.1) is 0 Å². The SMILES string of the molecule is C=C(C)CCn1ccc(=O)[nH]c1=O. The number of rotatable bonds is 3. The first kappa shape index (κ1) is 9.51. The van der Waals surface area contributed by atoms with E-state index in [2.05, 4.69) is 11.6 Å². The van der Waals surface area contributed by atoms with Gasteiger partial charge in [-0.1, -0.05) is 5.57 Å². The first-order valence-corrected chi connectivity index (χ1v) is 4.04. The maximum Gasteiger partial charge on any atom is 0.328 e. The van der Waals surface area contributed by atoms with Crippen molar-refractivity contribution in [3.05, 3.63) is 45.3 Å². The Kier molecular flexibility index (Phi) is 2.84. The number of hydrogen-bond donors (Lipinski definition) is 1. The lowest BCUT2D eigenvalue weighted by molar-refractivity contribution is 0.643. The Morgan fingerprint density at radius 3 is 2.85 bits per heavy atom. The molecular formula is C9H12N2O2. The van der Waals surface area contributed by atoms with E-state index in [1.165, 1.54) is 16.8 Å². The highest BCUT2D eigenvalue weighted by molar-refractivity contribution is 4.89. The molecule has 0 amide bonds. The maximum atomic E-state index is 11.1. The standard InChI is InChI=1S/C9H12N2O2/c1-7(2)3-5-11-6-4-8(12)10-9(11)13/h4,6H,1,3,5H2,2H3,(H,10,12,13). The second kappa shape index (κ2) is 3.89. The molecule has 70 valence electrons. The van der Waals surface area contributed by atoms with E-state index in [4.69, 9.17) is 0 Å². The van der Waals surface area contributed by atoms with Gasteiger partial charge in [-0.2, -0.15) is 0 Å². The molecule has 0 spiro atoms. The van der Waals surface area contributed by atoms with Crippen LogP contribution < -0.4 is 11.2 Å². The lowest BCUT2D eigenvalue weighted by atomic mass is 10.2. The molecule has 0 bridgehead atoms. The third kappa shape index (κ3) is 2.74. The van der Waals surface area contributed by atoms with Crippen LogP contribution in [-0.4, -0.2) is 9.55 Å². The monoisotopic (exact) mass is 180 g/mol. The highest BCUT2D eigenvalue weighted by Gasteiger charge is 1.95. The summed E-state index contributed by atoms with van der Waals surface area (Å²) in [6.45, 7) is 6.19. The van der Waals surface area contributed by atoms with Crippen LogP contribution in [0.3, 0.4) is 0 Å². The fraction of sp³-hybridized carbons (Fsp3) is 0.333. The van der Waals surface area contributed by atoms with Gasteiger partial charge in [0.15, 0.2) is 0 Å². The van der Waals surface area contributed by atoms with Gasteiger partial charge in [0, 0.05) is 18.8 Å². The van der Waals surface area contributed by atoms with Crippen molar-refractivity contribution in [2.75, 3.05) is 0 Å². The molecule has 0 saturated heterocycles. The Hall–Kier alpha value is -1.58. The first-order chi connectivity index (χ1) is 6.09. The van der Waals surface area contributed by atoms with E-state index in [9.17, 15) is 9.59 Å². The van der Waals surface area contributed by atoms with E-state index in [-0.39, 0.29) is 11.2 Å². The van der Waals surface area contributed by atoms with Gasteiger partial charge in [0.1, 0.15) is 0 Å². The molecule has 0 saturated carbocycles. The van der Waals surface area contributed by atoms with Crippen LogP contribution in [0, 0.1) is 0 Å². The van der Waals surface area contributed by atoms with E-state index in [0.29, 0.717) is 6.54 Å². The van der Waals surface area contributed by atoms with Crippen LogP contribution in [0.2, 0.25) is 0 Å².